The van der Waals surface area contributed by atoms with Crippen molar-refractivity contribution >= 4 is 27.5 Å². The first kappa shape index (κ1) is 17.5. The summed E-state index contributed by atoms with van der Waals surface area (Å²) < 4.78 is 11.0. The van der Waals surface area contributed by atoms with E-state index in [1.54, 1.807) is 13.0 Å². The van der Waals surface area contributed by atoms with E-state index in [2.05, 4.69) is 19.7 Å². The summed E-state index contributed by atoms with van der Waals surface area (Å²) in [6.07, 6.45) is 0. The fourth-order valence-corrected chi connectivity index (χ4v) is 2.58. The van der Waals surface area contributed by atoms with E-state index in [0.29, 0.717) is 17.1 Å². The Bertz CT molecular complexity index is 987. The van der Waals surface area contributed by atoms with Crippen LogP contribution in [0, 0.1) is 0 Å². The highest BCUT2D eigenvalue weighted by Crippen LogP contribution is 2.31. The number of carbonyl (C=O) groups is 1. The zero-order chi connectivity index (χ0) is 18.8. The molecule has 3 heteroatoms. The van der Waals surface area contributed by atoms with E-state index in [1.807, 2.05) is 49.4 Å². The van der Waals surface area contributed by atoms with Crippen LogP contribution in [0.2, 0.25) is 0 Å². The predicted octanol–water partition coefficient (Wildman–Crippen LogP) is 5.94. The highest BCUT2D eigenvalue weighted by atomic mass is 16.5. The van der Waals surface area contributed by atoms with Crippen LogP contribution in [-0.2, 0) is 4.79 Å². The Balaban J connectivity index is 1.98. The molecule has 130 valence electrons. The van der Waals surface area contributed by atoms with Gasteiger partial charge in [0, 0.05) is 5.57 Å². The number of rotatable bonds is 5. The van der Waals surface area contributed by atoms with Gasteiger partial charge >= 0.3 is 5.97 Å². The van der Waals surface area contributed by atoms with Crippen molar-refractivity contribution in [1.82, 2.24) is 0 Å². The van der Waals surface area contributed by atoms with Crippen molar-refractivity contribution in [3.05, 3.63) is 85.2 Å². The largest absolute Gasteiger partial charge is 0.458 e. The van der Waals surface area contributed by atoms with Gasteiger partial charge in [-0.1, -0.05) is 44.0 Å². The number of ether oxygens (including phenoxy) is 2. The summed E-state index contributed by atoms with van der Waals surface area (Å²) >= 11 is 0. The Labute approximate surface area is 152 Å². The molecule has 3 aromatic rings. The van der Waals surface area contributed by atoms with Crippen LogP contribution in [0.1, 0.15) is 13.8 Å². The number of benzene rings is 3. The summed E-state index contributed by atoms with van der Waals surface area (Å²) in [7, 11) is 0. The fourth-order valence-electron chi connectivity index (χ4n) is 2.58. The number of carbonyl (C=O) groups excluding carboxylic acids is 1. The van der Waals surface area contributed by atoms with Crippen LogP contribution >= 0.6 is 0 Å². The first-order valence-corrected chi connectivity index (χ1v) is 8.22. The fraction of sp³-hybridized carbons (Fsp3) is 0.0870. The third-order valence-corrected chi connectivity index (χ3v) is 4.05. The monoisotopic (exact) mass is 344 g/mol. The van der Waals surface area contributed by atoms with E-state index in [9.17, 15) is 4.79 Å². The highest BCUT2D eigenvalue weighted by molar-refractivity contribution is 6.08. The number of hydrogen-bond donors (Lipinski definition) is 0. The number of allylic oxidation sites excluding steroid dienone is 1. The van der Waals surface area contributed by atoms with Gasteiger partial charge in [-0.25, -0.2) is 4.79 Å². The van der Waals surface area contributed by atoms with Gasteiger partial charge in [-0.05, 0) is 65.2 Å². The Kier molecular flexibility index (Phi) is 4.63. The van der Waals surface area contributed by atoms with Crippen molar-refractivity contribution in [2.24, 2.45) is 0 Å². The van der Waals surface area contributed by atoms with Crippen LogP contribution < -0.4 is 9.47 Å². The Morgan fingerprint density at radius 2 is 1.23 bits per heavy atom. The van der Waals surface area contributed by atoms with Crippen LogP contribution in [-0.4, -0.2) is 5.97 Å². The smallest absolute Gasteiger partial charge is 0.338 e. The lowest BCUT2D eigenvalue weighted by atomic mass is 10.0. The first-order valence-electron chi connectivity index (χ1n) is 8.22. The molecule has 0 aliphatic rings. The average molecular weight is 344 g/mol. The van der Waals surface area contributed by atoms with Crippen molar-refractivity contribution in [1.29, 1.82) is 0 Å². The minimum absolute atomic E-state index is 0.368. The minimum Gasteiger partial charge on any atom is -0.458 e. The van der Waals surface area contributed by atoms with E-state index >= 15 is 0 Å². The zero-order valence-electron chi connectivity index (χ0n) is 15.0. The molecule has 0 atom stereocenters. The minimum atomic E-state index is -0.426. The molecule has 26 heavy (non-hydrogen) atoms. The molecule has 0 N–H and O–H groups in total. The van der Waals surface area contributed by atoms with Gasteiger partial charge in [-0.3, -0.25) is 0 Å². The molecule has 0 aliphatic heterocycles. The van der Waals surface area contributed by atoms with Gasteiger partial charge in [0.25, 0.3) is 0 Å². The van der Waals surface area contributed by atoms with Gasteiger partial charge in [0.05, 0.1) is 0 Å². The molecule has 0 unspecified atom stereocenters. The summed E-state index contributed by atoms with van der Waals surface area (Å²) in [5.41, 5.74) is 1.16. The van der Waals surface area contributed by atoms with E-state index in [0.717, 1.165) is 32.9 Å². The second-order valence-electron chi connectivity index (χ2n) is 6.31. The van der Waals surface area contributed by atoms with Crippen molar-refractivity contribution in [3.8, 4) is 11.5 Å². The molecule has 0 heterocycles. The standard InChI is InChI=1S/C23H20O3/c1-14(2)16(5)25-19-8-10-21-17(12-19)6-7-18-13-20(9-11-22(18)21)26-23(24)15(3)4/h6-13H,1,3,5H2,2,4H3. The third kappa shape index (κ3) is 3.52. The van der Waals surface area contributed by atoms with Crippen LogP contribution in [0.3, 0.4) is 0 Å². The molecular weight excluding hydrogens is 324 g/mol. The van der Waals surface area contributed by atoms with Crippen molar-refractivity contribution in [3.63, 3.8) is 0 Å². The maximum absolute atomic E-state index is 11.7. The molecule has 0 aliphatic carbocycles. The summed E-state index contributed by atoms with van der Waals surface area (Å²) in [4.78, 5) is 11.7. The lowest BCUT2D eigenvalue weighted by Gasteiger charge is -2.11. The third-order valence-electron chi connectivity index (χ3n) is 4.05. The van der Waals surface area contributed by atoms with E-state index in [1.165, 1.54) is 0 Å². The number of hydrogen-bond acceptors (Lipinski definition) is 3. The van der Waals surface area contributed by atoms with E-state index in [-0.39, 0.29) is 0 Å². The Morgan fingerprint density at radius 1 is 0.731 bits per heavy atom. The normalized spacial score (nSPS) is 10.5. The maximum atomic E-state index is 11.7. The number of esters is 1. The number of fused-ring (bicyclic) bond motifs is 3. The van der Waals surface area contributed by atoms with Gasteiger partial charge in [-0.15, -0.1) is 0 Å². The molecule has 0 fully saturated rings. The summed E-state index contributed by atoms with van der Waals surface area (Å²) in [5, 5.41) is 4.21. The van der Waals surface area contributed by atoms with E-state index < -0.39 is 5.97 Å². The molecule has 3 nitrogen and oxygen atoms in total. The van der Waals surface area contributed by atoms with Gasteiger partial charge in [0.2, 0.25) is 0 Å². The molecule has 3 aromatic carbocycles. The van der Waals surface area contributed by atoms with Crippen LogP contribution in [0.25, 0.3) is 21.5 Å². The molecule has 0 amide bonds. The van der Waals surface area contributed by atoms with Crippen molar-refractivity contribution in [2.45, 2.75) is 13.8 Å². The van der Waals surface area contributed by atoms with Crippen LogP contribution in [0.5, 0.6) is 11.5 Å². The van der Waals surface area contributed by atoms with Crippen LogP contribution in [0.15, 0.2) is 85.2 Å². The van der Waals surface area contributed by atoms with Gasteiger partial charge < -0.3 is 9.47 Å². The quantitative estimate of drug-likeness (QED) is 0.143. The van der Waals surface area contributed by atoms with Crippen LogP contribution in [0.4, 0.5) is 0 Å². The summed E-state index contributed by atoms with van der Waals surface area (Å²) in [5.74, 6) is 1.35. The zero-order valence-corrected chi connectivity index (χ0v) is 15.0. The molecule has 3 rings (SSSR count). The van der Waals surface area contributed by atoms with Gasteiger partial charge in [0.1, 0.15) is 17.3 Å². The predicted molar refractivity (Wildman–Crippen MR) is 106 cm³/mol. The maximum Gasteiger partial charge on any atom is 0.338 e. The molecule has 0 saturated carbocycles. The van der Waals surface area contributed by atoms with Crippen molar-refractivity contribution < 1.29 is 14.3 Å². The first-order chi connectivity index (χ1) is 12.3. The molecule has 0 radical (unpaired) electrons. The summed E-state index contributed by atoms with van der Waals surface area (Å²) in [6.45, 7) is 14.8. The summed E-state index contributed by atoms with van der Waals surface area (Å²) in [6, 6.07) is 15.5. The molecule has 0 saturated heterocycles. The lowest BCUT2D eigenvalue weighted by molar-refractivity contribution is -0.130. The Morgan fingerprint density at radius 3 is 1.69 bits per heavy atom. The highest BCUT2D eigenvalue weighted by Gasteiger charge is 2.08. The SMILES string of the molecule is C=C(C)C(=C)Oc1ccc2c(ccc3cc(OC(=O)C(=C)C)ccc32)c1. The average Bonchev–Trinajstić information content (AvgIpc) is 2.61. The molecule has 0 aromatic heterocycles. The second kappa shape index (κ2) is 6.89. The lowest BCUT2D eigenvalue weighted by Crippen LogP contribution is -2.07. The second-order valence-corrected chi connectivity index (χ2v) is 6.31. The van der Waals surface area contributed by atoms with Gasteiger partial charge in [0.15, 0.2) is 0 Å². The topological polar surface area (TPSA) is 35.5 Å². The molecular formula is C23H20O3. The molecule has 0 spiro atoms. The van der Waals surface area contributed by atoms with Gasteiger partial charge in [-0.2, -0.15) is 0 Å². The Hall–Kier alpha value is -3.33. The van der Waals surface area contributed by atoms with Crippen molar-refractivity contribution in [2.75, 3.05) is 0 Å². The molecule has 0 bridgehead atoms. The van der Waals surface area contributed by atoms with E-state index in [4.69, 9.17) is 9.47 Å².